The third-order valence-corrected chi connectivity index (χ3v) is 6.09. The maximum atomic E-state index is 12.9. The van der Waals surface area contributed by atoms with Crippen molar-refractivity contribution in [1.29, 1.82) is 0 Å². The average molecular weight is 377 g/mol. The Morgan fingerprint density at radius 2 is 1.78 bits per heavy atom. The number of hydrogen-bond donors (Lipinski definition) is 0. The molecule has 3 nitrogen and oxygen atoms in total. The topological polar surface area (TPSA) is 23.6 Å². The predicted molar refractivity (Wildman–Crippen MR) is 114 cm³/mol. The molecule has 2 heterocycles. The lowest BCUT2D eigenvalue weighted by atomic mass is 10.2. The van der Waals surface area contributed by atoms with E-state index in [9.17, 15) is 4.79 Å². The zero-order valence-corrected chi connectivity index (χ0v) is 16.2. The monoisotopic (exact) mass is 376 g/mol. The fraction of sp³-hybridized carbons (Fsp3) is 0.261. The van der Waals surface area contributed by atoms with Crippen LogP contribution < -0.4 is 0 Å². The molecular formula is C23H24N2OS. The van der Waals surface area contributed by atoms with Crippen molar-refractivity contribution in [3.8, 4) is 0 Å². The molecule has 0 aliphatic carbocycles. The first-order chi connectivity index (χ1) is 13.3. The number of nitrogens with zero attached hydrogens (tertiary/aromatic N) is 2. The Labute approximate surface area is 164 Å². The largest absolute Gasteiger partial charge is 0.337 e. The second-order valence-corrected chi connectivity index (χ2v) is 7.99. The van der Waals surface area contributed by atoms with Gasteiger partial charge in [-0.05, 0) is 29.5 Å². The van der Waals surface area contributed by atoms with Crippen LogP contribution >= 0.6 is 11.3 Å². The summed E-state index contributed by atoms with van der Waals surface area (Å²) in [5.41, 5.74) is 1.23. The van der Waals surface area contributed by atoms with Crippen LogP contribution in [-0.2, 0) is 0 Å². The van der Waals surface area contributed by atoms with Gasteiger partial charge in [-0.15, -0.1) is 11.3 Å². The molecule has 0 N–H and O–H groups in total. The van der Waals surface area contributed by atoms with E-state index >= 15 is 0 Å². The molecule has 1 amide bonds. The molecule has 1 aliphatic rings. The number of carbonyl (C=O) groups is 1. The Bertz CT molecular complexity index is 899. The van der Waals surface area contributed by atoms with E-state index in [-0.39, 0.29) is 5.91 Å². The van der Waals surface area contributed by atoms with Crippen molar-refractivity contribution in [1.82, 2.24) is 9.80 Å². The van der Waals surface area contributed by atoms with Gasteiger partial charge in [-0.25, -0.2) is 0 Å². The van der Waals surface area contributed by atoms with Crippen LogP contribution in [0.15, 0.2) is 66.7 Å². The highest BCUT2D eigenvalue weighted by atomic mass is 32.1. The molecule has 1 fully saturated rings. The fourth-order valence-electron chi connectivity index (χ4n) is 3.50. The average Bonchev–Trinajstić information content (AvgIpc) is 3.00. The van der Waals surface area contributed by atoms with E-state index in [1.807, 2.05) is 29.2 Å². The maximum Gasteiger partial charge on any atom is 0.264 e. The molecule has 1 aliphatic heterocycles. The van der Waals surface area contributed by atoms with Crippen LogP contribution in [0.1, 0.15) is 21.7 Å². The highest BCUT2D eigenvalue weighted by Gasteiger charge is 2.21. The van der Waals surface area contributed by atoms with Gasteiger partial charge in [-0.3, -0.25) is 9.69 Å². The summed E-state index contributed by atoms with van der Waals surface area (Å²) in [5, 5.41) is 1.16. The van der Waals surface area contributed by atoms with Crippen LogP contribution in [0.25, 0.3) is 16.2 Å². The van der Waals surface area contributed by atoms with Gasteiger partial charge in [-0.2, -0.15) is 0 Å². The highest BCUT2D eigenvalue weighted by molar-refractivity contribution is 7.20. The molecule has 27 heavy (non-hydrogen) atoms. The second-order valence-electron chi connectivity index (χ2n) is 6.91. The number of benzene rings is 2. The standard InChI is InChI=1S/C23H24N2OS/c26-23(22-18-20-11-4-5-12-21(20)27-22)25-15-7-14-24(16-17-25)13-6-10-19-8-2-1-3-9-19/h1-6,8-12,18H,7,13-17H2. The van der Waals surface area contributed by atoms with Gasteiger partial charge in [0.25, 0.3) is 5.91 Å². The predicted octanol–water partition coefficient (Wildman–Crippen LogP) is 4.76. The molecule has 3 aromatic rings. The van der Waals surface area contributed by atoms with Crippen LogP contribution in [0.5, 0.6) is 0 Å². The summed E-state index contributed by atoms with van der Waals surface area (Å²) in [6.45, 7) is 4.53. The van der Waals surface area contributed by atoms with E-state index in [4.69, 9.17) is 0 Å². The number of carbonyl (C=O) groups excluding carboxylic acids is 1. The molecule has 0 spiro atoms. The van der Waals surface area contributed by atoms with Gasteiger partial charge >= 0.3 is 0 Å². The van der Waals surface area contributed by atoms with Crippen molar-refractivity contribution in [2.24, 2.45) is 0 Å². The summed E-state index contributed by atoms with van der Waals surface area (Å²) in [5.74, 6) is 0.179. The van der Waals surface area contributed by atoms with Crippen molar-refractivity contribution >= 4 is 33.4 Å². The number of amides is 1. The summed E-state index contributed by atoms with van der Waals surface area (Å²) in [4.78, 5) is 18.2. The molecular weight excluding hydrogens is 352 g/mol. The van der Waals surface area contributed by atoms with E-state index in [1.54, 1.807) is 11.3 Å². The lowest BCUT2D eigenvalue weighted by Crippen LogP contribution is -2.34. The molecule has 0 radical (unpaired) electrons. The Hall–Kier alpha value is -2.43. The van der Waals surface area contributed by atoms with Gasteiger partial charge in [-0.1, -0.05) is 60.7 Å². The molecule has 4 rings (SSSR count). The zero-order chi connectivity index (χ0) is 18.5. The van der Waals surface area contributed by atoms with Crippen LogP contribution in [0.4, 0.5) is 0 Å². The molecule has 138 valence electrons. The van der Waals surface area contributed by atoms with Gasteiger partial charge in [0.15, 0.2) is 0 Å². The number of rotatable bonds is 4. The van der Waals surface area contributed by atoms with E-state index in [0.717, 1.165) is 49.4 Å². The fourth-order valence-corrected chi connectivity index (χ4v) is 4.53. The summed E-state index contributed by atoms with van der Waals surface area (Å²) in [6.07, 6.45) is 5.42. The Morgan fingerprint density at radius 3 is 2.63 bits per heavy atom. The van der Waals surface area contributed by atoms with Crippen molar-refractivity contribution < 1.29 is 4.79 Å². The lowest BCUT2D eigenvalue weighted by molar-refractivity contribution is 0.0767. The van der Waals surface area contributed by atoms with E-state index in [1.165, 1.54) is 10.3 Å². The third-order valence-electron chi connectivity index (χ3n) is 4.99. The van der Waals surface area contributed by atoms with Gasteiger partial charge in [0.05, 0.1) is 4.88 Å². The third kappa shape index (κ3) is 4.46. The number of thiophene rings is 1. The van der Waals surface area contributed by atoms with E-state index in [0.29, 0.717) is 0 Å². The molecule has 4 heteroatoms. The molecule has 0 saturated carbocycles. The van der Waals surface area contributed by atoms with Crippen LogP contribution in [-0.4, -0.2) is 48.4 Å². The van der Waals surface area contributed by atoms with Crippen LogP contribution in [0.3, 0.4) is 0 Å². The first-order valence-electron chi connectivity index (χ1n) is 9.51. The van der Waals surface area contributed by atoms with Gasteiger partial charge in [0.2, 0.25) is 0 Å². The minimum Gasteiger partial charge on any atom is -0.337 e. The summed E-state index contributed by atoms with van der Waals surface area (Å²) >= 11 is 1.60. The van der Waals surface area contributed by atoms with Gasteiger partial charge in [0.1, 0.15) is 0 Å². The molecule has 0 bridgehead atoms. The highest BCUT2D eigenvalue weighted by Crippen LogP contribution is 2.26. The first-order valence-corrected chi connectivity index (χ1v) is 10.3. The Kier molecular flexibility index (Phi) is 5.66. The smallest absolute Gasteiger partial charge is 0.264 e. The second kappa shape index (κ2) is 8.51. The first kappa shape index (κ1) is 18.0. The number of fused-ring (bicyclic) bond motifs is 1. The van der Waals surface area contributed by atoms with E-state index < -0.39 is 0 Å². The molecule has 1 saturated heterocycles. The maximum absolute atomic E-state index is 12.9. The SMILES string of the molecule is O=C(c1cc2ccccc2s1)N1CCCN(CC=Cc2ccccc2)CC1. The summed E-state index contributed by atoms with van der Waals surface area (Å²) in [6, 6.07) is 20.6. The van der Waals surface area contributed by atoms with Gasteiger partial charge in [0, 0.05) is 37.4 Å². The number of hydrogen-bond acceptors (Lipinski definition) is 3. The van der Waals surface area contributed by atoms with Gasteiger partial charge < -0.3 is 4.90 Å². The zero-order valence-electron chi connectivity index (χ0n) is 15.4. The normalized spacial score (nSPS) is 16.1. The summed E-state index contributed by atoms with van der Waals surface area (Å²) in [7, 11) is 0. The molecule has 0 atom stereocenters. The minimum absolute atomic E-state index is 0.179. The molecule has 0 unspecified atom stereocenters. The summed E-state index contributed by atoms with van der Waals surface area (Å²) < 4.78 is 1.18. The van der Waals surface area contributed by atoms with Crippen molar-refractivity contribution in [3.63, 3.8) is 0 Å². The van der Waals surface area contributed by atoms with E-state index in [2.05, 4.69) is 53.5 Å². The molecule has 1 aromatic heterocycles. The quantitative estimate of drug-likeness (QED) is 0.655. The minimum atomic E-state index is 0.179. The van der Waals surface area contributed by atoms with Crippen LogP contribution in [0, 0.1) is 0 Å². The lowest BCUT2D eigenvalue weighted by Gasteiger charge is -2.20. The van der Waals surface area contributed by atoms with Crippen LogP contribution in [0.2, 0.25) is 0 Å². The van der Waals surface area contributed by atoms with Crippen molar-refractivity contribution in [3.05, 3.63) is 77.2 Å². The molecule has 2 aromatic carbocycles. The Morgan fingerprint density at radius 1 is 0.963 bits per heavy atom. The van der Waals surface area contributed by atoms with Crippen molar-refractivity contribution in [2.45, 2.75) is 6.42 Å². The van der Waals surface area contributed by atoms with Crippen molar-refractivity contribution in [2.75, 3.05) is 32.7 Å². The Balaban J connectivity index is 1.35.